The van der Waals surface area contributed by atoms with E-state index in [1.165, 1.54) is 0 Å². The molecule has 0 bridgehead atoms. The van der Waals surface area contributed by atoms with Gasteiger partial charge in [-0.05, 0) is 0 Å². The minimum absolute atomic E-state index is 0. The standard InChI is InChI=1S/2C2H5.3U/c2*1-2;;;/h2*1H2,2H3;;;/q2*-1;;;. The summed E-state index contributed by atoms with van der Waals surface area (Å²) in [6.07, 6.45) is 0. The van der Waals surface area contributed by atoms with E-state index in [-0.39, 0.29) is 93.3 Å². The van der Waals surface area contributed by atoms with Crippen LogP contribution >= 0.6 is 0 Å². The molecule has 0 aliphatic rings. The molecule has 0 nitrogen and oxygen atoms in total. The van der Waals surface area contributed by atoms with Crippen LogP contribution < -0.4 is 0 Å². The van der Waals surface area contributed by atoms with E-state index in [1.54, 1.807) is 13.8 Å². The Morgan fingerprint density at radius 2 is 0.571 bits per heavy atom. The Labute approximate surface area is 118 Å². The average molecular weight is 772 g/mol. The van der Waals surface area contributed by atoms with E-state index >= 15 is 0 Å². The molecular formula is C4H10U3-2. The van der Waals surface area contributed by atoms with Crippen LogP contribution in [0, 0.1) is 107 Å². The van der Waals surface area contributed by atoms with E-state index in [9.17, 15) is 0 Å². The van der Waals surface area contributed by atoms with E-state index in [0.29, 0.717) is 0 Å². The topological polar surface area (TPSA) is 0 Å². The zero-order chi connectivity index (χ0) is 4.00. The normalized spacial score (nSPS) is 1.71. The first-order valence-corrected chi connectivity index (χ1v) is 1.41. The van der Waals surface area contributed by atoms with Crippen LogP contribution in [0.1, 0.15) is 13.8 Å². The van der Waals surface area contributed by atoms with Gasteiger partial charge in [0.15, 0.2) is 0 Å². The second-order valence-corrected chi connectivity index (χ2v) is 0. The molecule has 0 saturated heterocycles. The fraction of sp³-hybridized carbons (Fsp3) is 0.500. The van der Waals surface area contributed by atoms with E-state index in [1.807, 2.05) is 0 Å². The molecule has 0 atom stereocenters. The van der Waals surface area contributed by atoms with Gasteiger partial charge in [-0.15, -0.1) is 0 Å². The molecule has 0 N–H and O–H groups in total. The van der Waals surface area contributed by atoms with Gasteiger partial charge < -0.3 is 13.8 Å². The molecular weight excluding hydrogens is 762 g/mol. The maximum atomic E-state index is 3.25. The number of rotatable bonds is 0. The van der Waals surface area contributed by atoms with E-state index in [4.69, 9.17) is 0 Å². The van der Waals surface area contributed by atoms with Crippen molar-refractivity contribution in [1.29, 1.82) is 0 Å². The van der Waals surface area contributed by atoms with E-state index < -0.39 is 0 Å². The number of hydrogen-bond acceptors (Lipinski definition) is 0. The van der Waals surface area contributed by atoms with Crippen LogP contribution in [0.15, 0.2) is 0 Å². The Balaban J connectivity index is -0.00000000267. The quantitative estimate of drug-likeness (QED) is 0.330. The molecule has 0 aliphatic heterocycles. The Morgan fingerprint density at radius 1 is 0.571 bits per heavy atom. The zero-order valence-electron chi connectivity index (χ0n) is 4.91. The summed E-state index contributed by atoms with van der Waals surface area (Å²) in [5.74, 6) is 0. The summed E-state index contributed by atoms with van der Waals surface area (Å²) in [7, 11) is 0. The predicted octanol–water partition coefficient (Wildman–Crippen LogP) is 1.68. The van der Waals surface area contributed by atoms with Crippen molar-refractivity contribution >= 4 is 0 Å². The van der Waals surface area contributed by atoms with Crippen molar-refractivity contribution in [1.82, 2.24) is 0 Å². The van der Waals surface area contributed by atoms with Crippen LogP contribution in [0.2, 0.25) is 0 Å². The van der Waals surface area contributed by atoms with Crippen molar-refractivity contribution in [3.8, 4) is 0 Å². The molecule has 0 fully saturated rings. The van der Waals surface area contributed by atoms with Gasteiger partial charge in [-0.3, -0.25) is 0 Å². The van der Waals surface area contributed by atoms with Gasteiger partial charge in [0.05, 0.1) is 0 Å². The first kappa shape index (κ1) is 32.0. The van der Waals surface area contributed by atoms with Crippen molar-refractivity contribution in [2.45, 2.75) is 13.8 Å². The molecule has 0 aliphatic carbocycles. The first-order valence-electron chi connectivity index (χ1n) is 1.41. The Kier molecular flexibility index (Phi) is 280. The summed E-state index contributed by atoms with van der Waals surface area (Å²) in [5.41, 5.74) is 0. The van der Waals surface area contributed by atoms with Crippen molar-refractivity contribution in [2.24, 2.45) is 0 Å². The first-order chi connectivity index (χ1) is 2.00. The second-order valence-electron chi connectivity index (χ2n) is 0. The van der Waals surface area contributed by atoms with Crippen LogP contribution in [-0.4, -0.2) is 0 Å². The molecule has 0 aromatic rings. The molecule has 0 unspecified atom stereocenters. The van der Waals surface area contributed by atoms with Crippen molar-refractivity contribution < 1.29 is 93.3 Å². The average Bonchev–Trinajstić information content (AvgIpc) is 1.50. The third kappa shape index (κ3) is 47.1. The molecule has 0 aromatic heterocycles. The summed E-state index contributed by atoms with van der Waals surface area (Å²) in [6, 6.07) is 0. The SMILES string of the molecule is [CH2-]C.[CH2-]C.[U].[U].[U]. The molecule has 0 heterocycles. The Hall–Kier alpha value is 3.16. The maximum Gasteiger partial charge on any atom is 0 e. The monoisotopic (exact) mass is 772 g/mol. The largest absolute Gasteiger partial charge is 0.346 e. The molecule has 0 amide bonds. The maximum absolute atomic E-state index is 3.25. The summed E-state index contributed by atoms with van der Waals surface area (Å²) >= 11 is 0. The fourth-order valence-corrected chi connectivity index (χ4v) is 0. The van der Waals surface area contributed by atoms with Gasteiger partial charge >= 0.3 is 0 Å². The molecule has 0 saturated carbocycles. The molecule has 0 aromatic carbocycles. The van der Waals surface area contributed by atoms with Gasteiger partial charge in [0.25, 0.3) is 0 Å². The number of hydrogen-bond donors (Lipinski definition) is 0. The Morgan fingerprint density at radius 3 is 0.571 bits per heavy atom. The van der Waals surface area contributed by atoms with Gasteiger partial charge in [-0.1, -0.05) is 0 Å². The minimum Gasteiger partial charge on any atom is -0.346 e. The van der Waals surface area contributed by atoms with Gasteiger partial charge in [0.2, 0.25) is 0 Å². The third-order valence-electron chi connectivity index (χ3n) is 0. The van der Waals surface area contributed by atoms with Crippen molar-refractivity contribution in [3.63, 3.8) is 0 Å². The molecule has 40 valence electrons. The molecule has 0 spiro atoms. The van der Waals surface area contributed by atoms with Gasteiger partial charge in [0.1, 0.15) is 0 Å². The van der Waals surface area contributed by atoms with Crippen LogP contribution in [-0.2, 0) is 0 Å². The van der Waals surface area contributed by atoms with Crippen molar-refractivity contribution in [3.05, 3.63) is 13.8 Å². The van der Waals surface area contributed by atoms with Gasteiger partial charge in [-0.25, -0.2) is 0 Å². The van der Waals surface area contributed by atoms with Crippen LogP contribution in [0.3, 0.4) is 0 Å². The summed E-state index contributed by atoms with van der Waals surface area (Å²) in [4.78, 5) is 0. The molecule has 0 rings (SSSR count). The van der Waals surface area contributed by atoms with Crippen molar-refractivity contribution in [2.75, 3.05) is 0 Å². The van der Waals surface area contributed by atoms with Gasteiger partial charge in [-0.2, -0.15) is 13.8 Å². The van der Waals surface area contributed by atoms with Crippen LogP contribution in [0.5, 0.6) is 0 Å². The van der Waals surface area contributed by atoms with Gasteiger partial charge in [0, 0.05) is 93.3 Å². The predicted molar refractivity (Wildman–Crippen MR) is 22.1 cm³/mol. The van der Waals surface area contributed by atoms with Crippen LogP contribution in [0.4, 0.5) is 0 Å². The van der Waals surface area contributed by atoms with E-state index in [2.05, 4.69) is 13.8 Å². The van der Waals surface area contributed by atoms with E-state index in [0.717, 1.165) is 0 Å². The Bertz CT molecular complexity index is 6.90. The summed E-state index contributed by atoms with van der Waals surface area (Å²) in [5, 5.41) is 0. The molecule has 0 radical (unpaired) electrons. The smallest absolute Gasteiger partial charge is 0 e. The molecule has 3 heteroatoms. The summed E-state index contributed by atoms with van der Waals surface area (Å²) in [6.45, 7) is 10.0. The minimum atomic E-state index is 0. The van der Waals surface area contributed by atoms with Crippen LogP contribution in [0.25, 0.3) is 0 Å². The second kappa shape index (κ2) is 61.2. The third-order valence-corrected chi connectivity index (χ3v) is 0. The zero-order valence-corrected chi connectivity index (χ0v) is 17.4. The fourth-order valence-electron chi connectivity index (χ4n) is 0. The summed E-state index contributed by atoms with van der Waals surface area (Å²) < 4.78 is 0. The molecule has 7 heavy (non-hydrogen) atoms.